The first kappa shape index (κ1) is 15.1. The minimum absolute atomic E-state index is 0.378. The Labute approximate surface area is 91.4 Å². The van der Waals surface area contributed by atoms with Crippen LogP contribution in [0.25, 0.3) is 0 Å². The van der Waals surface area contributed by atoms with Gasteiger partial charge in [-0.25, -0.2) is 8.78 Å². The zero-order chi connectivity index (χ0) is 13.8. The minimum atomic E-state index is -5.12. The van der Waals surface area contributed by atoms with Crippen molar-refractivity contribution in [1.29, 1.82) is 0 Å². The number of carbonyl (C=O) groups excluding carboxylic acids is 1. The van der Waals surface area contributed by atoms with E-state index in [0.29, 0.717) is 0 Å². The maximum absolute atomic E-state index is 12.6. The fourth-order valence-electron chi connectivity index (χ4n) is 0.830. The SMILES string of the molecule is O=C(O)CN(CC(=O)O)C(=O)C(F)(F)C(F)F. The number of alkyl halides is 4. The lowest BCUT2D eigenvalue weighted by molar-refractivity contribution is -0.183. The van der Waals surface area contributed by atoms with Gasteiger partial charge in [-0.3, -0.25) is 14.4 Å². The van der Waals surface area contributed by atoms with Gasteiger partial charge in [0.2, 0.25) is 0 Å². The van der Waals surface area contributed by atoms with Gasteiger partial charge in [-0.15, -0.1) is 0 Å². The van der Waals surface area contributed by atoms with Crippen molar-refractivity contribution in [2.24, 2.45) is 0 Å². The number of amides is 1. The quantitative estimate of drug-likeness (QED) is 0.650. The molecule has 0 aliphatic rings. The minimum Gasteiger partial charge on any atom is -0.480 e. The highest BCUT2D eigenvalue weighted by Gasteiger charge is 2.51. The number of aliphatic carboxylic acids is 2. The Hall–Kier alpha value is -1.87. The Morgan fingerprint density at radius 3 is 1.65 bits per heavy atom. The van der Waals surface area contributed by atoms with Crippen LogP contribution in [0.1, 0.15) is 0 Å². The normalized spacial score (nSPS) is 11.4. The Balaban J connectivity index is 4.98. The zero-order valence-corrected chi connectivity index (χ0v) is 8.07. The first-order chi connectivity index (χ1) is 7.59. The van der Waals surface area contributed by atoms with E-state index >= 15 is 0 Å². The van der Waals surface area contributed by atoms with Crippen LogP contribution < -0.4 is 0 Å². The summed E-state index contributed by atoms with van der Waals surface area (Å²) in [6, 6.07) is 0. The van der Waals surface area contributed by atoms with Crippen molar-refractivity contribution in [3.05, 3.63) is 0 Å². The van der Waals surface area contributed by atoms with Crippen molar-refractivity contribution >= 4 is 17.8 Å². The second-order valence-electron chi connectivity index (χ2n) is 2.87. The van der Waals surface area contributed by atoms with Gasteiger partial charge >= 0.3 is 24.3 Å². The van der Waals surface area contributed by atoms with Gasteiger partial charge in [0.05, 0.1) is 0 Å². The number of nitrogens with zero attached hydrogens (tertiary/aromatic N) is 1. The molecule has 0 fully saturated rings. The Morgan fingerprint density at radius 1 is 1.06 bits per heavy atom. The molecule has 0 aromatic carbocycles. The highest BCUT2D eigenvalue weighted by Crippen LogP contribution is 2.25. The maximum atomic E-state index is 12.6. The molecule has 0 unspecified atom stereocenters. The fourth-order valence-corrected chi connectivity index (χ4v) is 0.830. The first-order valence-corrected chi connectivity index (χ1v) is 3.98. The van der Waals surface area contributed by atoms with Crippen molar-refractivity contribution < 1.29 is 42.2 Å². The van der Waals surface area contributed by atoms with Gasteiger partial charge < -0.3 is 15.1 Å². The molecule has 2 N–H and O–H groups in total. The predicted octanol–water partition coefficient (Wildman–Crippen LogP) is -0.115. The van der Waals surface area contributed by atoms with Crippen LogP contribution in [0.3, 0.4) is 0 Å². The third-order valence-electron chi connectivity index (χ3n) is 1.50. The molecule has 0 heterocycles. The van der Waals surface area contributed by atoms with E-state index in [4.69, 9.17) is 10.2 Å². The van der Waals surface area contributed by atoms with Gasteiger partial charge in [0, 0.05) is 0 Å². The van der Waals surface area contributed by atoms with Crippen LogP contribution in [0.2, 0.25) is 0 Å². The number of halogens is 4. The third-order valence-corrected chi connectivity index (χ3v) is 1.50. The lowest BCUT2D eigenvalue weighted by Gasteiger charge is -2.23. The van der Waals surface area contributed by atoms with Gasteiger partial charge in [0.15, 0.2) is 0 Å². The molecule has 0 bridgehead atoms. The van der Waals surface area contributed by atoms with E-state index in [-0.39, 0.29) is 4.90 Å². The van der Waals surface area contributed by atoms with Gasteiger partial charge in [0.25, 0.3) is 5.91 Å². The van der Waals surface area contributed by atoms with Crippen LogP contribution in [0, 0.1) is 0 Å². The first-order valence-electron chi connectivity index (χ1n) is 3.98. The molecule has 1 amide bonds. The van der Waals surface area contributed by atoms with Crippen LogP contribution >= 0.6 is 0 Å². The highest BCUT2D eigenvalue weighted by atomic mass is 19.3. The zero-order valence-electron chi connectivity index (χ0n) is 8.07. The predicted molar refractivity (Wildman–Crippen MR) is 42.8 cm³/mol. The molecular weight excluding hydrogens is 254 g/mol. The van der Waals surface area contributed by atoms with E-state index in [1.54, 1.807) is 0 Å². The molecular formula is C7H7F4NO5. The number of rotatable bonds is 6. The molecule has 0 saturated heterocycles. The number of hydrogen-bond donors (Lipinski definition) is 2. The summed E-state index contributed by atoms with van der Waals surface area (Å²) in [5, 5.41) is 16.5. The molecule has 10 heteroatoms. The number of carboxylic acid groups (broad SMARTS) is 2. The molecule has 98 valence electrons. The molecule has 0 rings (SSSR count). The smallest absolute Gasteiger partial charge is 0.383 e. The average molecular weight is 261 g/mol. The van der Waals surface area contributed by atoms with Gasteiger partial charge in [-0.05, 0) is 0 Å². The van der Waals surface area contributed by atoms with Crippen molar-refractivity contribution in [2.45, 2.75) is 12.3 Å². The summed E-state index contributed by atoms with van der Waals surface area (Å²) in [7, 11) is 0. The van der Waals surface area contributed by atoms with E-state index in [1.165, 1.54) is 0 Å². The molecule has 0 aliphatic carbocycles. The molecule has 0 aromatic heterocycles. The summed E-state index contributed by atoms with van der Waals surface area (Å²) in [5.41, 5.74) is 0. The number of carbonyl (C=O) groups is 3. The van der Waals surface area contributed by atoms with Crippen LogP contribution in [-0.2, 0) is 14.4 Å². The van der Waals surface area contributed by atoms with E-state index < -0.39 is 43.3 Å². The van der Waals surface area contributed by atoms with Gasteiger partial charge in [0.1, 0.15) is 13.1 Å². The Morgan fingerprint density at radius 2 is 1.41 bits per heavy atom. The summed E-state index contributed by atoms with van der Waals surface area (Å²) in [6.45, 7) is -2.82. The largest absolute Gasteiger partial charge is 0.480 e. The average Bonchev–Trinajstić information content (AvgIpc) is 2.13. The molecule has 0 radical (unpaired) electrons. The molecule has 6 nitrogen and oxygen atoms in total. The third kappa shape index (κ3) is 4.25. The van der Waals surface area contributed by atoms with Gasteiger partial charge in [-0.2, -0.15) is 8.78 Å². The standard InChI is InChI=1S/C7H7F4NO5/c8-5(9)7(10,11)6(17)12(1-3(13)14)2-4(15)16/h5H,1-2H2,(H,13,14)(H,15,16). The second kappa shape index (κ2) is 5.46. The fraction of sp³-hybridized carbons (Fsp3) is 0.571. The van der Waals surface area contributed by atoms with E-state index in [1.807, 2.05) is 0 Å². The molecule has 17 heavy (non-hydrogen) atoms. The van der Waals surface area contributed by atoms with E-state index in [9.17, 15) is 31.9 Å². The molecule has 0 atom stereocenters. The second-order valence-corrected chi connectivity index (χ2v) is 2.87. The molecule has 0 spiro atoms. The summed E-state index contributed by atoms with van der Waals surface area (Å²) in [5.74, 6) is -11.3. The lowest BCUT2D eigenvalue weighted by Crippen LogP contribution is -2.50. The van der Waals surface area contributed by atoms with E-state index in [0.717, 1.165) is 0 Å². The maximum Gasteiger partial charge on any atom is 0.383 e. The van der Waals surface area contributed by atoms with Crippen molar-refractivity contribution in [2.75, 3.05) is 13.1 Å². The number of carboxylic acids is 2. The van der Waals surface area contributed by atoms with Crippen molar-refractivity contribution in [1.82, 2.24) is 4.90 Å². The number of hydrogen-bond acceptors (Lipinski definition) is 3. The summed E-state index contributed by atoms with van der Waals surface area (Å²) in [4.78, 5) is 30.8. The summed E-state index contributed by atoms with van der Waals surface area (Å²) in [6.07, 6.45) is -4.35. The molecule has 0 aliphatic heterocycles. The van der Waals surface area contributed by atoms with Crippen LogP contribution in [-0.4, -0.2) is 58.4 Å². The molecule has 0 saturated carbocycles. The summed E-state index contributed by atoms with van der Waals surface area (Å²) < 4.78 is 48.7. The van der Waals surface area contributed by atoms with Crippen LogP contribution in [0.4, 0.5) is 17.6 Å². The van der Waals surface area contributed by atoms with Crippen molar-refractivity contribution in [3.63, 3.8) is 0 Å². The Bertz CT molecular complexity index is 316. The van der Waals surface area contributed by atoms with Crippen LogP contribution in [0.5, 0.6) is 0 Å². The van der Waals surface area contributed by atoms with Gasteiger partial charge in [-0.1, -0.05) is 0 Å². The highest BCUT2D eigenvalue weighted by molar-refractivity contribution is 5.89. The summed E-state index contributed by atoms with van der Waals surface area (Å²) >= 11 is 0. The molecule has 0 aromatic rings. The Kier molecular flexibility index (Phi) is 4.86. The topological polar surface area (TPSA) is 94.9 Å². The van der Waals surface area contributed by atoms with Crippen molar-refractivity contribution in [3.8, 4) is 0 Å². The van der Waals surface area contributed by atoms with E-state index in [2.05, 4.69) is 0 Å². The van der Waals surface area contributed by atoms with Crippen LogP contribution in [0.15, 0.2) is 0 Å². The lowest BCUT2D eigenvalue weighted by atomic mass is 10.3. The monoisotopic (exact) mass is 261 g/mol.